The molecule has 1 aromatic rings. The minimum atomic E-state index is 0.498. The maximum absolute atomic E-state index is 3.64. The van der Waals surface area contributed by atoms with Crippen molar-refractivity contribution in [2.24, 2.45) is 0 Å². The molecule has 0 saturated carbocycles. The molecule has 0 aliphatic heterocycles. The summed E-state index contributed by atoms with van der Waals surface area (Å²) in [5.41, 5.74) is 3.63. The third-order valence-electron chi connectivity index (χ3n) is 2.34. The molecule has 3 radical (unpaired) electrons. The number of rotatable bonds is 3. The highest BCUT2D eigenvalue weighted by Crippen LogP contribution is 2.28. The Labute approximate surface area is 89.5 Å². The van der Waals surface area contributed by atoms with Crippen LogP contribution in [0.5, 0.6) is 0 Å². The lowest BCUT2D eigenvalue weighted by Crippen LogP contribution is -2.15. The van der Waals surface area contributed by atoms with Gasteiger partial charge in [-0.25, -0.2) is 0 Å². The standard InChI is InChI=1S/C11H17N2Si/c1-7(2)10-9(14)6-5-8(12-3)11(10)13-4/h5-7,12-13H,1-4H3. The van der Waals surface area contributed by atoms with Gasteiger partial charge in [-0.1, -0.05) is 25.1 Å². The van der Waals surface area contributed by atoms with E-state index in [1.54, 1.807) is 0 Å². The van der Waals surface area contributed by atoms with Gasteiger partial charge >= 0.3 is 0 Å². The van der Waals surface area contributed by atoms with Gasteiger partial charge in [0.1, 0.15) is 0 Å². The van der Waals surface area contributed by atoms with Crippen LogP contribution < -0.4 is 15.8 Å². The summed E-state index contributed by atoms with van der Waals surface area (Å²) < 4.78 is 0. The molecule has 0 aliphatic carbocycles. The Morgan fingerprint density at radius 3 is 2.21 bits per heavy atom. The van der Waals surface area contributed by atoms with E-state index in [0.717, 1.165) is 10.9 Å². The molecule has 0 unspecified atom stereocenters. The molecule has 0 spiro atoms. The van der Waals surface area contributed by atoms with Crippen molar-refractivity contribution in [2.75, 3.05) is 24.7 Å². The van der Waals surface area contributed by atoms with Gasteiger partial charge in [0.2, 0.25) is 0 Å². The first-order chi connectivity index (χ1) is 6.61. The summed E-state index contributed by atoms with van der Waals surface area (Å²) in [5.74, 6) is 0.498. The fraction of sp³-hybridized carbons (Fsp3) is 0.455. The van der Waals surface area contributed by atoms with Crippen molar-refractivity contribution in [1.82, 2.24) is 0 Å². The Bertz CT molecular complexity index is 321. The lowest BCUT2D eigenvalue weighted by molar-refractivity contribution is 0.875. The molecule has 0 bridgehead atoms. The van der Waals surface area contributed by atoms with Gasteiger partial charge in [-0.3, -0.25) is 0 Å². The topological polar surface area (TPSA) is 24.1 Å². The van der Waals surface area contributed by atoms with Crippen LogP contribution in [0.25, 0.3) is 0 Å². The Hall–Kier alpha value is -0.963. The zero-order valence-electron chi connectivity index (χ0n) is 9.23. The molecule has 75 valence electrons. The van der Waals surface area contributed by atoms with Gasteiger partial charge in [-0.2, -0.15) is 0 Å². The average molecular weight is 205 g/mol. The van der Waals surface area contributed by atoms with Crippen molar-refractivity contribution in [3.05, 3.63) is 17.7 Å². The summed E-state index contributed by atoms with van der Waals surface area (Å²) in [6.07, 6.45) is 0. The van der Waals surface area contributed by atoms with Crippen LogP contribution in [0.3, 0.4) is 0 Å². The van der Waals surface area contributed by atoms with Gasteiger partial charge < -0.3 is 10.6 Å². The monoisotopic (exact) mass is 205 g/mol. The fourth-order valence-corrected chi connectivity index (χ4v) is 2.19. The van der Waals surface area contributed by atoms with Crippen LogP contribution in [-0.4, -0.2) is 24.3 Å². The molecule has 0 atom stereocenters. The molecule has 0 saturated heterocycles. The van der Waals surface area contributed by atoms with Gasteiger partial charge in [0.15, 0.2) is 0 Å². The van der Waals surface area contributed by atoms with Crippen LogP contribution >= 0.6 is 0 Å². The van der Waals surface area contributed by atoms with E-state index >= 15 is 0 Å². The second kappa shape index (κ2) is 4.51. The van der Waals surface area contributed by atoms with Gasteiger partial charge in [0.05, 0.1) is 21.6 Å². The van der Waals surface area contributed by atoms with Gasteiger partial charge in [-0.05, 0) is 17.5 Å². The molecule has 14 heavy (non-hydrogen) atoms. The van der Waals surface area contributed by atoms with E-state index in [9.17, 15) is 0 Å². The van der Waals surface area contributed by atoms with Gasteiger partial charge in [-0.15, -0.1) is 0 Å². The summed E-state index contributed by atoms with van der Waals surface area (Å²) in [6, 6.07) is 4.15. The van der Waals surface area contributed by atoms with E-state index in [-0.39, 0.29) is 0 Å². The van der Waals surface area contributed by atoms with Crippen molar-refractivity contribution in [3.63, 3.8) is 0 Å². The Kier molecular flexibility index (Phi) is 3.58. The maximum Gasteiger partial charge on any atom is 0.0716 e. The molecule has 0 heterocycles. The summed E-state index contributed by atoms with van der Waals surface area (Å²) in [6.45, 7) is 4.39. The predicted molar refractivity (Wildman–Crippen MR) is 65.0 cm³/mol. The average Bonchev–Trinajstić information content (AvgIpc) is 2.16. The van der Waals surface area contributed by atoms with E-state index in [1.807, 2.05) is 14.1 Å². The highest BCUT2D eigenvalue weighted by atomic mass is 28.1. The van der Waals surface area contributed by atoms with E-state index < -0.39 is 0 Å². The van der Waals surface area contributed by atoms with E-state index in [0.29, 0.717) is 5.92 Å². The molecule has 0 amide bonds. The SMILES string of the molecule is CNc1ccc([Si])c(C(C)C)c1NC. The van der Waals surface area contributed by atoms with Crippen LogP contribution in [0, 0.1) is 0 Å². The van der Waals surface area contributed by atoms with Crippen LogP contribution in [0.1, 0.15) is 25.3 Å². The van der Waals surface area contributed by atoms with Gasteiger partial charge in [0, 0.05) is 14.1 Å². The molecule has 3 heteroatoms. The van der Waals surface area contributed by atoms with E-state index in [1.165, 1.54) is 11.3 Å². The quantitative estimate of drug-likeness (QED) is 0.734. The van der Waals surface area contributed by atoms with E-state index in [2.05, 4.69) is 46.9 Å². The molecule has 0 fully saturated rings. The second-order valence-corrected chi connectivity index (χ2v) is 4.14. The summed E-state index contributed by atoms with van der Waals surface area (Å²) in [7, 11) is 7.53. The van der Waals surface area contributed by atoms with Crippen LogP contribution in [-0.2, 0) is 0 Å². The van der Waals surface area contributed by atoms with E-state index in [4.69, 9.17) is 0 Å². The third kappa shape index (κ3) is 1.92. The predicted octanol–water partition coefficient (Wildman–Crippen LogP) is 1.69. The molecule has 1 aromatic carbocycles. The zero-order valence-corrected chi connectivity index (χ0v) is 10.2. The Balaban J connectivity index is 3.35. The van der Waals surface area contributed by atoms with Gasteiger partial charge in [0.25, 0.3) is 0 Å². The number of benzene rings is 1. The Morgan fingerprint density at radius 1 is 1.14 bits per heavy atom. The molecule has 1 rings (SSSR count). The second-order valence-electron chi connectivity index (χ2n) is 3.60. The summed E-state index contributed by atoms with van der Waals surface area (Å²) in [4.78, 5) is 0. The zero-order chi connectivity index (χ0) is 10.7. The molecular weight excluding hydrogens is 188 g/mol. The maximum atomic E-state index is 3.64. The number of nitrogens with one attached hydrogen (secondary N) is 2. The molecule has 0 aromatic heterocycles. The summed E-state index contributed by atoms with van der Waals surface area (Å²) >= 11 is 0. The number of hydrogen-bond donors (Lipinski definition) is 2. The highest BCUT2D eigenvalue weighted by molar-refractivity contribution is 6.34. The minimum Gasteiger partial charge on any atom is -0.386 e. The van der Waals surface area contributed by atoms with Crippen LogP contribution in [0.4, 0.5) is 11.4 Å². The largest absolute Gasteiger partial charge is 0.386 e. The molecule has 0 aliphatic rings. The van der Waals surface area contributed by atoms with Crippen molar-refractivity contribution in [3.8, 4) is 0 Å². The van der Waals surface area contributed by atoms with Crippen LogP contribution in [0.2, 0.25) is 0 Å². The van der Waals surface area contributed by atoms with Crippen molar-refractivity contribution in [1.29, 1.82) is 0 Å². The number of anilines is 2. The van der Waals surface area contributed by atoms with Crippen molar-refractivity contribution in [2.45, 2.75) is 19.8 Å². The lowest BCUT2D eigenvalue weighted by Gasteiger charge is -2.19. The van der Waals surface area contributed by atoms with Crippen LogP contribution in [0.15, 0.2) is 12.1 Å². The first-order valence-electron chi connectivity index (χ1n) is 4.85. The minimum absolute atomic E-state index is 0.498. The highest BCUT2D eigenvalue weighted by Gasteiger charge is 2.11. The molecular formula is C11H17N2Si. The number of hydrogen-bond acceptors (Lipinski definition) is 2. The molecule has 2 N–H and O–H groups in total. The lowest BCUT2D eigenvalue weighted by atomic mass is 9.99. The first kappa shape index (κ1) is 11.1. The fourth-order valence-electron chi connectivity index (χ4n) is 1.70. The summed E-state index contributed by atoms with van der Waals surface area (Å²) in [5, 5.41) is 7.58. The third-order valence-corrected chi connectivity index (χ3v) is 2.78. The van der Waals surface area contributed by atoms with Crippen molar-refractivity contribution < 1.29 is 0 Å². The smallest absolute Gasteiger partial charge is 0.0716 e. The normalized spacial score (nSPS) is 10.4. The van der Waals surface area contributed by atoms with Crippen molar-refractivity contribution >= 4 is 26.8 Å². The molecule has 2 nitrogen and oxygen atoms in total. The Morgan fingerprint density at radius 2 is 1.79 bits per heavy atom. The first-order valence-corrected chi connectivity index (χ1v) is 5.35.